The van der Waals surface area contributed by atoms with Gasteiger partial charge in [0.15, 0.2) is 5.78 Å². The first-order valence-electron chi connectivity index (χ1n) is 11.9. The quantitative estimate of drug-likeness (QED) is 0.268. The molecule has 4 rings (SSSR count). The molecular weight excluding hydrogens is 486 g/mol. The average Bonchev–Trinajstić information content (AvgIpc) is 2.93. The maximum absolute atomic E-state index is 12.3. The fraction of sp³-hybridized carbons (Fsp3) is 0.250. The minimum Gasteiger partial charge on any atom is -0.396 e. The van der Waals surface area contributed by atoms with E-state index in [2.05, 4.69) is 32.5 Å². The van der Waals surface area contributed by atoms with Crippen molar-refractivity contribution in [2.75, 3.05) is 25.5 Å². The standard InChI is InChI=1S/C28H29N5O3.H2S/c1-18(21-5-3-6-22-23(28(36)29-2)12-13-30-27(21)22)16-31-26-15-24(32-17-33-26)19-8-10-20(11-9-19)25(35)7-4-14-34;/h3,5-6,8-13,15,17-18,34H,4,7,14,16H2,1-2H3,(H,29,36)(H,31,32,33);1H2/t18-;/m1./s1. The van der Waals surface area contributed by atoms with Crippen molar-refractivity contribution in [3.63, 3.8) is 0 Å². The van der Waals surface area contributed by atoms with E-state index in [0.29, 0.717) is 36.3 Å². The molecule has 37 heavy (non-hydrogen) atoms. The van der Waals surface area contributed by atoms with Crippen LogP contribution in [0, 0.1) is 0 Å². The molecule has 0 aliphatic carbocycles. The van der Waals surface area contributed by atoms with Gasteiger partial charge in [-0.25, -0.2) is 9.97 Å². The predicted octanol–water partition coefficient (Wildman–Crippen LogP) is 4.34. The second-order valence-corrected chi connectivity index (χ2v) is 8.58. The summed E-state index contributed by atoms with van der Waals surface area (Å²) >= 11 is 0. The minimum atomic E-state index is -0.138. The third-order valence-electron chi connectivity index (χ3n) is 6.13. The number of aliphatic hydroxyl groups is 1. The lowest BCUT2D eigenvalue weighted by atomic mass is 9.96. The van der Waals surface area contributed by atoms with Crippen molar-refractivity contribution in [1.29, 1.82) is 0 Å². The molecule has 3 N–H and O–H groups in total. The van der Waals surface area contributed by atoms with Crippen LogP contribution in [0.25, 0.3) is 22.2 Å². The molecule has 1 atom stereocenters. The number of aromatic nitrogens is 3. The fourth-order valence-corrected chi connectivity index (χ4v) is 4.12. The molecule has 2 aromatic heterocycles. The van der Waals surface area contributed by atoms with Gasteiger partial charge in [-0.1, -0.05) is 49.4 Å². The molecule has 2 aromatic carbocycles. The molecule has 0 unspecified atom stereocenters. The highest BCUT2D eigenvalue weighted by Gasteiger charge is 2.15. The van der Waals surface area contributed by atoms with Crippen LogP contribution in [0.1, 0.15) is 52.0 Å². The monoisotopic (exact) mass is 517 g/mol. The Bertz CT molecular complexity index is 1380. The number of pyridine rings is 1. The molecule has 0 spiro atoms. The van der Waals surface area contributed by atoms with Crippen LogP contribution in [0.2, 0.25) is 0 Å². The third-order valence-corrected chi connectivity index (χ3v) is 6.13. The summed E-state index contributed by atoms with van der Waals surface area (Å²) in [5.41, 5.74) is 4.71. The number of para-hydroxylation sites is 1. The zero-order valence-electron chi connectivity index (χ0n) is 20.9. The van der Waals surface area contributed by atoms with Gasteiger partial charge in [-0.3, -0.25) is 14.6 Å². The molecule has 0 aliphatic heterocycles. The summed E-state index contributed by atoms with van der Waals surface area (Å²) in [6.07, 6.45) is 3.97. The van der Waals surface area contributed by atoms with E-state index in [4.69, 9.17) is 5.11 Å². The number of ketones is 1. The number of rotatable bonds is 10. The van der Waals surface area contributed by atoms with Crippen LogP contribution in [0.4, 0.5) is 5.82 Å². The number of carbonyl (C=O) groups excluding carboxylic acids is 2. The van der Waals surface area contributed by atoms with Gasteiger partial charge in [0.2, 0.25) is 0 Å². The van der Waals surface area contributed by atoms with Gasteiger partial charge in [-0.05, 0) is 18.1 Å². The predicted molar refractivity (Wildman–Crippen MR) is 151 cm³/mol. The highest BCUT2D eigenvalue weighted by atomic mass is 32.1. The molecule has 192 valence electrons. The number of anilines is 1. The number of fused-ring (bicyclic) bond motifs is 1. The molecule has 8 nitrogen and oxygen atoms in total. The van der Waals surface area contributed by atoms with Gasteiger partial charge >= 0.3 is 0 Å². The summed E-state index contributed by atoms with van der Waals surface area (Å²) in [6, 6.07) is 16.8. The second kappa shape index (κ2) is 12.9. The van der Waals surface area contributed by atoms with Gasteiger partial charge in [0.05, 0.1) is 16.8 Å². The number of hydrogen-bond acceptors (Lipinski definition) is 7. The zero-order chi connectivity index (χ0) is 25.5. The van der Waals surface area contributed by atoms with E-state index in [0.717, 1.165) is 27.7 Å². The summed E-state index contributed by atoms with van der Waals surface area (Å²) < 4.78 is 0. The van der Waals surface area contributed by atoms with Gasteiger partial charge in [-0.2, -0.15) is 13.5 Å². The highest BCUT2D eigenvalue weighted by molar-refractivity contribution is 7.59. The summed E-state index contributed by atoms with van der Waals surface area (Å²) in [7, 11) is 1.62. The molecule has 0 fully saturated rings. The Labute approximate surface area is 223 Å². The van der Waals surface area contributed by atoms with Gasteiger partial charge in [-0.15, -0.1) is 0 Å². The van der Waals surface area contributed by atoms with Gasteiger partial charge < -0.3 is 15.7 Å². The minimum absolute atomic E-state index is 0. The first-order chi connectivity index (χ1) is 17.5. The van der Waals surface area contributed by atoms with Crippen LogP contribution in [-0.2, 0) is 0 Å². The number of Topliss-reactive ketones (excluding diaryl/α,β-unsaturated/α-hetero) is 1. The number of aliphatic hydroxyl groups excluding tert-OH is 1. The molecule has 1 amide bonds. The second-order valence-electron chi connectivity index (χ2n) is 8.58. The van der Waals surface area contributed by atoms with Gasteiger partial charge in [0, 0.05) is 61.3 Å². The SMILES string of the molecule is CNC(=O)c1ccnc2c([C@H](C)CNc3cc(-c4ccc(C(=O)CCCO)cc4)ncn3)cccc12.S. The fourth-order valence-electron chi connectivity index (χ4n) is 4.12. The molecule has 0 radical (unpaired) electrons. The summed E-state index contributed by atoms with van der Waals surface area (Å²) in [4.78, 5) is 37.7. The van der Waals surface area contributed by atoms with E-state index >= 15 is 0 Å². The zero-order valence-corrected chi connectivity index (χ0v) is 21.9. The van der Waals surface area contributed by atoms with E-state index in [9.17, 15) is 9.59 Å². The van der Waals surface area contributed by atoms with E-state index in [1.165, 1.54) is 6.33 Å². The molecule has 0 aliphatic rings. The van der Waals surface area contributed by atoms with Crippen molar-refractivity contribution in [2.45, 2.75) is 25.7 Å². The van der Waals surface area contributed by atoms with Crippen molar-refractivity contribution < 1.29 is 14.7 Å². The van der Waals surface area contributed by atoms with Crippen LogP contribution in [0.3, 0.4) is 0 Å². The lowest BCUT2D eigenvalue weighted by Gasteiger charge is -2.16. The van der Waals surface area contributed by atoms with E-state index in [-0.39, 0.29) is 37.7 Å². The van der Waals surface area contributed by atoms with Crippen LogP contribution >= 0.6 is 13.5 Å². The van der Waals surface area contributed by atoms with Crippen molar-refractivity contribution in [1.82, 2.24) is 20.3 Å². The maximum atomic E-state index is 12.3. The number of carbonyl (C=O) groups is 2. The van der Waals surface area contributed by atoms with Gasteiger partial charge in [0.1, 0.15) is 12.1 Å². The van der Waals surface area contributed by atoms with E-state index in [1.54, 1.807) is 31.4 Å². The molecule has 2 heterocycles. The number of nitrogens with one attached hydrogen (secondary N) is 2. The van der Waals surface area contributed by atoms with Crippen molar-refractivity contribution in [2.24, 2.45) is 0 Å². The van der Waals surface area contributed by atoms with Crippen molar-refractivity contribution >= 4 is 41.9 Å². The first-order valence-corrected chi connectivity index (χ1v) is 11.9. The summed E-state index contributed by atoms with van der Waals surface area (Å²) in [5, 5.41) is 15.8. The van der Waals surface area contributed by atoms with E-state index < -0.39 is 0 Å². The Morgan fingerprint density at radius 2 is 1.81 bits per heavy atom. The van der Waals surface area contributed by atoms with Crippen LogP contribution in [0.5, 0.6) is 0 Å². The molecule has 0 bridgehead atoms. The average molecular weight is 518 g/mol. The third kappa shape index (κ3) is 6.49. The Morgan fingerprint density at radius 1 is 1.03 bits per heavy atom. The molecule has 0 saturated heterocycles. The Morgan fingerprint density at radius 3 is 2.54 bits per heavy atom. The first kappa shape index (κ1) is 27.8. The highest BCUT2D eigenvalue weighted by Crippen LogP contribution is 2.27. The number of amides is 1. The summed E-state index contributed by atoms with van der Waals surface area (Å²) in [6.45, 7) is 2.72. The smallest absolute Gasteiger partial charge is 0.251 e. The number of benzene rings is 2. The van der Waals surface area contributed by atoms with E-state index in [1.807, 2.05) is 36.4 Å². The maximum Gasteiger partial charge on any atom is 0.251 e. The van der Waals surface area contributed by atoms with Crippen molar-refractivity contribution in [3.05, 3.63) is 83.8 Å². The summed E-state index contributed by atoms with van der Waals surface area (Å²) in [5.74, 6) is 0.666. The largest absolute Gasteiger partial charge is 0.396 e. The van der Waals surface area contributed by atoms with Crippen LogP contribution in [0.15, 0.2) is 67.1 Å². The van der Waals surface area contributed by atoms with Crippen LogP contribution < -0.4 is 10.6 Å². The van der Waals surface area contributed by atoms with Crippen LogP contribution in [-0.4, -0.2) is 51.9 Å². The lowest BCUT2D eigenvalue weighted by molar-refractivity contribution is 0.0959. The Balaban J connectivity index is 0.00000380. The molecular formula is C28H31N5O3S. The number of nitrogens with zero attached hydrogens (tertiary/aromatic N) is 3. The van der Waals surface area contributed by atoms with Crippen molar-refractivity contribution in [3.8, 4) is 11.3 Å². The topological polar surface area (TPSA) is 117 Å². The molecule has 9 heteroatoms. The Hall–Kier alpha value is -3.82. The normalized spacial score (nSPS) is 11.4. The lowest BCUT2D eigenvalue weighted by Crippen LogP contribution is -2.18. The molecule has 0 saturated carbocycles. The number of hydrogen-bond donors (Lipinski definition) is 3. The Kier molecular flexibility index (Phi) is 9.71. The van der Waals surface area contributed by atoms with Gasteiger partial charge in [0.25, 0.3) is 5.91 Å². The molecule has 4 aromatic rings.